The van der Waals surface area contributed by atoms with Crippen molar-refractivity contribution >= 4 is 17.5 Å². The summed E-state index contributed by atoms with van der Waals surface area (Å²) < 4.78 is 16.2. The van der Waals surface area contributed by atoms with E-state index in [4.69, 9.17) is 14.2 Å². The number of aryl methyl sites for hydroxylation is 1. The fourth-order valence-electron chi connectivity index (χ4n) is 4.30. The maximum absolute atomic E-state index is 13.3. The molecule has 30 heavy (non-hydrogen) atoms. The van der Waals surface area contributed by atoms with E-state index in [-0.39, 0.29) is 18.2 Å². The third-order valence-corrected chi connectivity index (χ3v) is 5.89. The Morgan fingerprint density at radius 2 is 1.57 bits per heavy atom. The first-order valence-corrected chi connectivity index (χ1v) is 9.96. The highest BCUT2D eigenvalue weighted by molar-refractivity contribution is 6.23. The lowest BCUT2D eigenvalue weighted by Crippen LogP contribution is -2.44. The molecular formula is C23H26N2O5. The van der Waals surface area contributed by atoms with Crippen molar-refractivity contribution in [3.63, 3.8) is 0 Å². The highest BCUT2D eigenvalue weighted by atomic mass is 16.5. The number of hydrogen-bond acceptors (Lipinski definition) is 6. The molecule has 2 amide bonds. The third kappa shape index (κ3) is 3.39. The number of carbonyl (C=O) groups excluding carboxylic acids is 2. The number of amides is 2. The molecule has 1 unspecified atom stereocenters. The van der Waals surface area contributed by atoms with Crippen LogP contribution in [0, 0.1) is 6.92 Å². The highest BCUT2D eigenvalue weighted by Crippen LogP contribution is 2.37. The molecule has 158 valence electrons. The molecule has 1 atom stereocenters. The maximum Gasteiger partial charge on any atom is 0.251 e. The van der Waals surface area contributed by atoms with Gasteiger partial charge in [-0.15, -0.1) is 0 Å². The summed E-state index contributed by atoms with van der Waals surface area (Å²) in [4.78, 5) is 29.5. The maximum atomic E-state index is 13.3. The number of hydrogen-bond donors (Lipinski definition) is 0. The first-order chi connectivity index (χ1) is 14.5. The summed E-state index contributed by atoms with van der Waals surface area (Å²) >= 11 is 0. The molecule has 1 saturated heterocycles. The van der Waals surface area contributed by atoms with Crippen molar-refractivity contribution in [2.75, 3.05) is 32.8 Å². The zero-order valence-corrected chi connectivity index (χ0v) is 17.7. The number of rotatable bonds is 5. The van der Waals surface area contributed by atoms with E-state index in [0.29, 0.717) is 36.0 Å². The number of methoxy groups -OCH3 is 3. The molecule has 2 aliphatic rings. The van der Waals surface area contributed by atoms with Gasteiger partial charge in [0.2, 0.25) is 5.91 Å². The van der Waals surface area contributed by atoms with Crippen molar-refractivity contribution in [3.05, 3.63) is 47.0 Å². The van der Waals surface area contributed by atoms with Gasteiger partial charge in [0.15, 0.2) is 11.5 Å². The highest BCUT2D eigenvalue weighted by Gasteiger charge is 2.44. The second kappa shape index (κ2) is 7.99. The van der Waals surface area contributed by atoms with Crippen molar-refractivity contribution in [2.24, 2.45) is 0 Å². The quantitative estimate of drug-likeness (QED) is 0.706. The van der Waals surface area contributed by atoms with Crippen molar-refractivity contribution in [1.29, 1.82) is 0 Å². The Morgan fingerprint density at radius 3 is 2.23 bits per heavy atom. The third-order valence-electron chi connectivity index (χ3n) is 5.89. The first-order valence-electron chi connectivity index (χ1n) is 9.96. The Labute approximate surface area is 176 Å². The minimum absolute atomic E-state index is 0.165. The predicted octanol–water partition coefficient (Wildman–Crippen LogP) is 2.71. The minimum Gasteiger partial charge on any atom is -0.495 e. The smallest absolute Gasteiger partial charge is 0.251 e. The van der Waals surface area contributed by atoms with Gasteiger partial charge in [0.25, 0.3) is 5.91 Å². The van der Waals surface area contributed by atoms with Gasteiger partial charge in [-0.3, -0.25) is 14.5 Å². The number of anilines is 1. The van der Waals surface area contributed by atoms with E-state index in [9.17, 15) is 9.59 Å². The molecule has 4 rings (SSSR count). The van der Waals surface area contributed by atoms with Crippen LogP contribution >= 0.6 is 0 Å². The number of carbonyl (C=O) groups is 2. The van der Waals surface area contributed by atoms with Gasteiger partial charge in [0.05, 0.1) is 39.5 Å². The molecule has 0 spiro atoms. The molecule has 7 heteroatoms. The molecule has 0 saturated carbocycles. The van der Waals surface area contributed by atoms with Crippen molar-refractivity contribution in [2.45, 2.75) is 32.4 Å². The lowest BCUT2D eigenvalue weighted by molar-refractivity contribution is -0.123. The lowest BCUT2D eigenvalue weighted by atomic mass is 9.97. The fraction of sp³-hybridized carbons (Fsp3) is 0.391. The van der Waals surface area contributed by atoms with Crippen LogP contribution in [0.5, 0.6) is 17.2 Å². The molecule has 0 radical (unpaired) electrons. The summed E-state index contributed by atoms with van der Waals surface area (Å²) in [7, 11) is 4.77. The van der Waals surface area contributed by atoms with Crippen LogP contribution in [-0.2, 0) is 22.6 Å². The molecule has 7 nitrogen and oxygen atoms in total. The number of ether oxygens (including phenoxy) is 3. The molecule has 0 aromatic heterocycles. The SMILES string of the molecule is COc1cc2c(cc1OC)CN(C1CC(=O)N(c3cc(C)ccc3OC)C1=O)CC2. The Hall–Kier alpha value is -3.06. The first kappa shape index (κ1) is 20.2. The second-order valence-electron chi connectivity index (χ2n) is 7.66. The summed E-state index contributed by atoms with van der Waals surface area (Å²) in [6.45, 7) is 3.21. The van der Waals surface area contributed by atoms with Gasteiger partial charge in [0.1, 0.15) is 5.75 Å². The van der Waals surface area contributed by atoms with Gasteiger partial charge in [-0.1, -0.05) is 6.07 Å². The Kier molecular flexibility index (Phi) is 5.39. The van der Waals surface area contributed by atoms with Gasteiger partial charge in [0, 0.05) is 13.1 Å². The van der Waals surface area contributed by atoms with Gasteiger partial charge in [-0.05, 0) is 54.3 Å². The summed E-state index contributed by atoms with van der Waals surface area (Å²) in [5.41, 5.74) is 3.74. The van der Waals surface area contributed by atoms with Crippen molar-refractivity contribution in [1.82, 2.24) is 4.90 Å². The monoisotopic (exact) mass is 410 g/mol. The van der Waals surface area contributed by atoms with Gasteiger partial charge in [-0.2, -0.15) is 0 Å². The largest absolute Gasteiger partial charge is 0.495 e. The van der Waals surface area contributed by atoms with Crippen molar-refractivity contribution in [3.8, 4) is 17.2 Å². The Morgan fingerprint density at radius 1 is 0.900 bits per heavy atom. The van der Waals surface area contributed by atoms with Crippen LogP contribution in [0.4, 0.5) is 5.69 Å². The molecule has 1 fully saturated rings. The molecule has 2 aromatic rings. The van der Waals surface area contributed by atoms with Crippen LogP contribution in [-0.4, -0.2) is 50.6 Å². The summed E-state index contributed by atoms with van der Waals surface area (Å²) in [5, 5.41) is 0. The van der Waals surface area contributed by atoms with E-state index < -0.39 is 6.04 Å². The van der Waals surface area contributed by atoms with Crippen LogP contribution in [0.3, 0.4) is 0 Å². The molecule has 2 aromatic carbocycles. The van der Waals surface area contributed by atoms with Crippen LogP contribution in [0.2, 0.25) is 0 Å². The van der Waals surface area contributed by atoms with Crippen LogP contribution < -0.4 is 19.1 Å². The molecule has 0 aliphatic carbocycles. The normalized spacial score (nSPS) is 19.1. The van der Waals surface area contributed by atoms with Crippen LogP contribution in [0.1, 0.15) is 23.1 Å². The predicted molar refractivity (Wildman–Crippen MR) is 112 cm³/mol. The average Bonchev–Trinajstić information content (AvgIpc) is 3.05. The molecule has 2 heterocycles. The Balaban J connectivity index is 1.60. The van der Waals surface area contributed by atoms with Gasteiger partial charge in [-0.25, -0.2) is 4.90 Å². The molecular weight excluding hydrogens is 384 g/mol. The summed E-state index contributed by atoms with van der Waals surface area (Å²) in [6.07, 6.45) is 0.944. The van der Waals surface area contributed by atoms with Crippen LogP contribution in [0.25, 0.3) is 0 Å². The van der Waals surface area contributed by atoms with Crippen molar-refractivity contribution < 1.29 is 23.8 Å². The minimum atomic E-state index is -0.482. The van der Waals surface area contributed by atoms with Gasteiger partial charge < -0.3 is 14.2 Å². The average molecular weight is 410 g/mol. The molecule has 2 aliphatic heterocycles. The fourth-order valence-corrected chi connectivity index (χ4v) is 4.30. The van der Waals surface area contributed by atoms with E-state index in [1.54, 1.807) is 27.4 Å². The van der Waals surface area contributed by atoms with Gasteiger partial charge >= 0.3 is 0 Å². The zero-order chi connectivity index (χ0) is 21.4. The van der Waals surface area contributed by atoms with E-state index >= 15 is 0 Å². The number of imide groups is 1. The standard InChI is InChI=1S/C23H26N2O5/c1-14-5-6-19(28-2)17(9-14)25-22(26)12-18(23(25)27)24-8-7-15-10-20(29-3)21(30-4)11-16(15)13-24/h5-6,9-11,18H,7-8,12-13H2,1-4H3. The van der Waals surface area contributed by atoms with E-state index in [2.05, 4.69) is 4.90 Å². The molecule has 0 N–H and O–H groups in total. The topological polar surface area (TPSA) is 68.3 Å². The number of benzene rings is 2. The second-order valence-corrected chi connectivity index (χ2v) is 7.66. The summed E-state index contributed by atoms with van der Waals surface area (Å²) in [5.74, 6) is 1.48. The zero-order valence-electron chi connectivity index (χ0n) is 17.7. The van der Waals surface area contributed by atoms with Crippen LogP contribution in [0.15, 0.2) is 30.3 Å². The number of nitrogens with zero attached hydrogens (tertiary/aromatic N) is 2. The van der Waals surface area contributed by atoms with E-state index in [1.165, 1.54) is 10.5 Å². The van der Waals surface area contributed by atoms with E-state index in [1.807, 2.05) is 31.2 Å². The van der Waals surface area contributed by atoms with E-state index in [0.717, 1.165) is 17.5 Å². The number of fused-ring (bicyclic) bond motifs is 1. The lowest BCUT2D eigenvalue weighted by Gasteiger charge is -2.32. The summed E-state index contributed by atoms with van der Waals surface area (Å²) in [6, 6.07) is 8.98. The molecule has 0 bridgehead atoms. The Bertz CT molecular complexity index is 1000.